The van der Waals surface area contributed by atoms with Gasteiger partial charge in [0.15, 0.2) is 6.29 Å². The average Bonchev–Trinajstić information content (AvgIpc) is 3.13. The average molecular weight is 336 g/mol. The molecule has 134 valence electrons. The second-order valence-electron chi connectivity index (χ2n) is 6.25. The van der Waals surface area contributed by atoms with Gasteiger partial charge in [-0.1, -0.05) is 30.3 Å². The van der Waals surface area contributed by atoms with Crippen molar-refractivity contribution in [1.82, 2.24) is 4.90 Å². The molecule has 2 rings (SSSR count). The zero-order valence-electron chi connectivity index (χ0n) is 14.4. The van der Waals surface area contributed by atoms with Crippen molar-refractivity contribution in [3.8, 4) is 0 Å². The van der Waals surface area contributed by atoms with E-state index in [4.69, 9.17) is 15.2 Å². The topological polar surface area (TPSA) is 85.0 Å². The first-order valence-electron chi connectivity index (χ1n) is 8.49. The van der Waals surface area contributed by atoms with Gasteiger partial charge in [-0.2, -0.15) is 0 Å². The Morgan fingerprint density at radius 2 is 1.96 bits per heavy atom. The Bertz CT molecular complexity index is 505. The molecule has 3 atom stereocenters. The van der Waals surface area contributed by atoms with Crippen LogP contribution in [-0.4, -0.2) is 54.5 Å². The number of likely N-dealkylation sites (N-methyl/N-ethyl adjacent to an activating group) is 1. The van der Waals surface area contributed by atoms with Crippen LogP contribution in [0.25, 0.3) is 0 Å². The summed E-state index contributed by atoms with van der Waals surface area (Å²) in [6, 6.07) is 8.39. The second kappa shape index (κ2) is 9.13. The van der Waals surface area contributed by atoms with Gasteiger partial charge in [0.1, 0.15) is 0 Å². The van der Waals surface area contributed by atoms with E-state index in [2.05, 4.69) is 0 Å². The number of amides is 1. The molecule has 1 aromatic carbocycles. The summed E-state index contributed by atoms with van der Waals surface area (Å²) >= 11 is 0. The Kier molecular flexibility index (Phi) is 7.17. The number of hydrogen-bond acceptors (Lipinski definition) is 5. The molecule has 24 heavy (non-hydrogen) atoms. The summed E-state index contributed by atoms with van der Waals surface area (Å²) in [4.78, 5) is 14.0. The maximum Gasteiger partial charge on any atom is 0.239 e. The molecular formula is C18H28N2O4. The summed E-state index contributed by atoms with van der Waals surface area (Å²) in [5, 5.41) is 10.4. The van der Waals surface area contributed by atoms with Crippen LogP contribution < -0.4 is 5.73 Å². The van der Waals surface area contributed by atoms with E-state index in [0.29, 0.717) is 19.6 Å². The molecule has 3 unspecified atom stereocenters. The van der Waals surface area contributed by atoms with Gasteiger partial charge in [0.05, 0.1) is 31.4 Å². The van der Waals surface area contributed by atoms with Gasteiger partial charge in [0.25, 0.3) is 0 Å². The predicted molar refractivity (Wildman–Crippen MR) is 91.2 cm³/mol. The van der Waals surface area contributed by atoms with Crippen LogP contribution >= 0.6 is 0 Å². The lowest BCUT2D eigenvalue weighted by atomic mass is 10.0. The molecule has 6 nitrogen and oxygen atoms in total. The zero-order valence-corrected chi connectivity index (χ0v) is 14.4. The Morgan fingerprint density at radius 3 is 2.58 bits per heavy atom. The van der Waals surface area contributed by atoms with Crippen molar-refractivity contribution in [3.63, 3.8) is 0 Å². The molecule has 1 amide bonds. The summed E-state index contributed by atoms with van der Waals surface area (Å²) in [5.74, 6) is -0.161. The Balaban J connectivity index is 1.80. The van der Waals surface area contributed by atoms with Gasteiger partial charge in [0.2, 0.25) is 5.91 Å². The van der Waals surface area contributed by atoms with Crippen molar-refractivity contribution < 1.29 is 19.4 Å². The van der Waals surface area contributed by atoms with Gasteiger partial charge in [-0.25, -0.2) is 0 Å². The molecule has 1 heterocycles. The summed E-state index contributed by atoms with van der Waals surface area (Å²) in [7, 11) is 1.68. The minimum atomic E-state index is -0.743. The first-order chi connectivity index (χ1) is 11.5. The lowest BCUT2D eigenvalue weighted by Gasteiger charge is -2.31. The Morgan fingerprint density at radius 1 is 1.33 bits per heavy atom. The molecule has 0 aliphatic carbocycles. The van der Waals surface area contributed by atoms with E-state index in [1.165, 1.54) is 4.90 Å². The molecule has 1 fully saturated rings. The number of ether oxygens (including phenoxy) is 2. The summed E-state index contributed by atoms with van der Waals surface area (Å²) in [6.07, 6.45) is 1.17. The fraction of sp³-hybridized carbons (Fsp3) is 0.611. The molecule has 1 aliphatic rings. The number of hydrogen-bond donors (Lipinski definition) is 2. The van der Waals surface area contributed by atoms with Crippen LogP contribution in [0, 0.1) is 0 Å². The van der Waals surface area contributed by atoms with Gasteiger partial charge in [-0.05, 0) is 31.7 Å². The summed E-state index contributed by atoms with van der Waals surface area (Å²) in [5.41, 5.74) is 6.81. The third kappa shape index (κ3) is 5.01. The second-order valence-corrected chi connectivity index (χ2v) is 6.25. The Labute approximate surface area is 143 Å². The van der Waals surface area contributed by atoms with E-state index in [-0.39, 0.29) is 18.2 Å². The van der Waals surface area contributed by atoms with Crippen LogP contribution in [0.3, 0.4) is 0 Å². The quantitative estimate of drug-likeness (QED) is 0.750. The van der Waals surface area contributed by atoms with Crippen LogP contribution in [0.15, 0.2) is 30.3 Å². The first-order valence-corrected chi connectivity index (χ1v) is 8.49. The molecule has 0 bridgehead atoms. The van der Waals surface area contributed by atoms with Crippen molar-refractivity contribution >= 4 is 5.91 Å². The molecule has 0 aromatic heterocycles. The lowest BCUT2D eigenvalue weighted by molar-refractivity contribution is -0.135. The number of carbonyl (C=O) groups excluding carboxylic acids is 1. The number of rotatable bonds is 8. The van der Waals surface area contributed by atoms with Gasteiger partial charge in [-0.3, -0.25) is 4.79 Å². The van der Waals surface area contributed by atoms with Crippen molar-refractivity contribution in [3.05, 3.63) is 35.9 Å². The molecule has 0 radical (unpaired) electrons. The number of nitrogens with zero attached hydrogens (tertiary/aromatic N) is 1. The maximum atomic E-state index is 12.5. The number of aliphatic hydroxyl groups is 1. The van der Waals surface area contributed by atoms with Crippen molar-refractivity contribution in [1.29, 1.82) is 0 Å². The fourth-order valence-electron chi connectivity index (χ4n) is 2.80. The van der Waals surface area contributed by atoms with Crippen LogP contribution in [0.5, 0.6) is 0 Å². The molecule has 3 N–H and O–H groups in total. The molecule has 1 aliphatic heterocycles. The van der Waals surface area contributed by atoms with Crippen LogP contribution in [-0.2, 0) is 14.3 Å². The molecule has 0 saturated carbocycles. The molecule has 1 aromatic rings. The highest BCUT2D eigenvalue weighted by atomic mass is 16.7. The minimum absolute atomic E-state index is 0.161. The van der Waals surface area contributed by atoms with E-state index in [9.17, 15) is 9.90 Å². The molecule has 1 saturated heterocycles. The maximum absolute atomic E-state index is 12.5. The fourth-order valence-corrected chi connectivity index (χ4v) is 2.80. The summed E-state index contributed by atoms with van der Waals surface area (Å²) < 4.78 is 10.7. The monoisotopic (exact) mass is 336 g/mol. The normalized spacial score (nSPS) is 19.0. The van der Waals surface area contributed by atoms with E-state index >= 15 is 0 Å². The third-order valence-electron chi connectivity index (χ3n) is 4.52. The smallest absolute Gasteiger partial charge is 0.239 e. The SMILES string of the molecule is CC(C(O)c1ccccc1)N(C)C(=O)C(N)CCCC1OCCO1. The molecular weight excluding hydrogens is 308 g/mol. The standard InChI is InChI=1S/C18H28N2O4/c1-13(17(21)14-7-4-3-5-8-14)20(2)18(22)15(19)9-6-10-16-23-11-12-24-16/h3-5,7-8,13,15-17,21H,6,9-12,19H2,1-2H3. The predicted octanol–water partition coefficient (Wildman–Crippen LogP) is 1.44. The molecule has 0 spiro atoms. The molecule has 6 heteroatoms. The highest BCUT2D eigenvalue weighted by Crippen LogP contribution is 2.21. The van der Waals surface area contributed by atoms with Crippen LogP contribution in [0.1, 0.15) is 37.9 Å². The summed E-state index contributed by atoms with van der Waals surface area (Å²) in [6.45, 7) is 3.09. The van der Waals surface area contributed by atoms with E-state index in [1.807, 2.05) is 37.3 Å². The lowest BCUT2D eigenvalue weighted by Crippen LogP contribution is -2.47. The number of benzene rings is 1. The zero-order chi connectivity index (χ0) is 17.5. The van der Waals surface area contributed by atoms with Crippen molar-refractivity contribution in [2.45, 2.75) is 50.7 Å². The van der Waals surface area contributed by atoms with Gasteiger partial charge >= 0.3 is 0 Å². The highest BCUT2D eigenvalue weighted by Gasteiger charge is 2.27. The number of aliphatic hydroxyl groups excluding tert-OH is 1. The largest absolute Gasteiger partial charge is 0.386 e. The first kappa shape index (κ1) is 18.9. The van der Waals surface area contributed by atoms with Crippen LogP contribution in [0.4, 0.5) is 0 Å². The van der Waals surface area contributed by atoms with Gasteiger partial charge in [0, 0.05) is 7.05 Å². The highest BCUT2D eigenvalue weighted by molar-refractivity contribution is 5.81. The number of carbonyl (C=O) groups is 1. The van der Waals surface area contributed by atoms with Gasteiger partial charge in [-0.15, -0.1) is 0 Å². The van der Waals surface area contributed by atoms with E-state index in [0.717, 1.165) is 18.4 Å². The third-order valence-corrected chi connectivity index (χ3v) is 4.52. The number of nitrogens with two attached hydrogens (primary N) is 1. The van der Waals surface area contributed by atoms with Gasteiger partial charge < -0.3 is 25.2 Å². The Hall–Kier alpha value is -1.47. The van der Waals surface area contributed by atoms with Crippen LogP contribution in [0.2, 0.25) is 0 Å². The minimum Gasteiger partial charge on any atom is -0.386 e. The van der Waals surface area contributed by atoms with Crippen molar-refractivity contribution in [2.24, 2.45) is 5.73 Å². The van der Waals surface area contributed by atoms with Crippen molar-refractivity contribution in [2.75, 3.05) is 20.3 Å². The van der Waals surface area contributed by atoms with E-state index < -0.39 is 12.1 Å². The van der Waals surface area contributed by atoms with E-state index in [1.54, 1.807) is 7.05 Å².